The Morgan fingerprint density at radius 3 is 2.90 bits per heavy atom. The van der Waals surface area contributed by atoms with Crippen LogP contribution in [0.15, 0.2) is 18.3 Å². The summed E-state index contributed by atoms with van der Waals surface area (Å²) in [5, 5.41) is 9.53. The van der Waals surface area contributed by atoms with Gasteiger partial charge in [-0.1, -0.05) is 13.3 Å². The molecule has 6 heteroatoms. The average Bonchev–Trinajstić information content (AvgIpc) is 2.47. The van der Waals surface area contributed by atoms with E-state index in [0.29, 0.717) is 25.8 Å². The van der Waals surface area contributed by atoms with E-state index in [1.54, 1.807) is 0 Å². The van der Waals surface area contributed by atoms with Crippen LogP contribution < -0.4 is 0 Å². The van der Waals surface area contributed by atoms with Crippen molar-refractivity contribution in [3.63, 3.8) is 0 Å². The molecule has 114 valence electrons. The van der Waals surface area contributed by atoms with Gasteiger partial charge < -0.3 is 10.0 Å². The van der Waals surface area contributed by atoms with Crippen LogP contribution in [0.4, 0.5) is 4.39 Å². The highest BCUT2D eigenvalue weighted by Crippen LogP contribution is 2.35. The number of carbonyl (C=O) groups excluding carboxylic acids is 1. The molecular weight excluding hydrogens is 275 g/mol. The maximum atomic E-state index is 13.1. The van der Waals surface area contributed by atoms with Gasteiger partial charge in [0.1, 0.15) is 0 Å². The second-order valence-corrected chi connectivity index (χ2v) is 5.53. The van der Waals surface area contributed by atoms with Crippen LogP contribution in [-0.4, -0.2) is 40.0 Å². The van der Waals surface area contributed by atoms with Crippen molar-refractivity contribution in [2.75, 3.05) is 13.1 Å². The fraction of sp³-hybridized carbons (Fsp3) is 0.533. The molecule has 1 N–H and O–H groups in total. The normalized spacial score (nSPS) is 22.1. The molecule has 0 saturated carbocycles. The second kappa shape index (κ2) is 6.20. The molecule has 0 spiro atoms. The van der Waals surface area contributed by atoms with E-state index >= 15 is 0 Å². The lowest BCUT2D eigenvalue weighted by atomic mass is 9.76. The van der Waals surface area contributed by atoms with Gasteiger partial charge >= 0.3 is 5.97 Å². The lowest BCUT2D eigenvalue weighted by Crippen LogP contribution is -2.49. The van der Waals surface area contributed by atoms with E-state index in [0.717, 1.165) is 12.5 Å². The lowest BCUT2D eigenvalue weighted by Gasteiger charge is -2.40. The Morgan fingerprint density at radius 1 is 1.52 bits per heavy atom. The van der Waals surface area contributed by atoms with Crippen molar-refractivity contribution in [2.24, 2.45) is 5.41 Å². The zero-order chi connectivity index (χ0) is 15.5. The standard InChI is InChI=1S/C15H19FN2O3/c1-2-5-15(14(20)21)6-3-8-18(10-15)13(19)11-4-7-17-12(16)9-11/h4,7,9H,2-3,5-6,8,10H2,1H3,(H,20,21). The molecule has 1 unspecified atom stereocenters. The van der Waals surface area contributed by atoms with Gasteiger partial charge in [0.25, 0.3) is 5.91 Å². The molecule has 21 heavy (non-hydrogen) atoms. The number of nitrogens with zero attached hydrogens (tertiary/aromatic N) is 2. The third-order valence-electron chi connectivity index (χ3n) is 4.02. The van der Waals surface area contributed by atoms with Gasteiger partial charge in [-0.25, -0.2) is 4.98 Å². The first-order chi connectivity index (χ1) is 9.98. The predicted octanol–water partition coefficient (Wildman–Crippen LogP) is 2.33. The SMILES string of the molecule is CCCC1(C(=O)O)CCCN(C(=O)c2ccnc(F)c2)C1. The molecule has 1 aliphatic rings. The molecule has 1 aliphatic heterocycles. The van der Waals surface area contributed by atoms with Crippen LogP contribution >= 0.6 is 0 Å². The molecule has 1 saturated heterocycles. The van der Waals surface area contributed by atoms with Gasteiger partial charge in [-0.3, -0.25) is 9.59 Å². The Balaban J connectivity index is 2.20. The minimum absolute atomic E-state index is 0.180. The third-order valence-corrected chi connectivity index (χ3v) is 4.02. The van der Waals surface area contributed by atoms with E-state index in [4.69, 9.17) is 0 Å². The van der Waals surface area contributed by atoms with E-state index in [-0.39, 0.29) is 18.0 Å². The Bertz CT molecular complexity index is 545. The number of piperidine rings is 1. The average molecular weight is 294 g/mol. The van der Waals surface area contributed by atoms with Gasteiger partial charge in [0, 0.05) is 30.9 Å². The zero-order valence-corrected chi connectivity index (χ0v) is 12.0. The molecule has 0 radical (unpaired) electrons. The number of aromatic nitrogens is 1. The van der Waals surface area contributed by atoms with Crippen LogP contribution in [0.25, 0.3) is 0 Å². The van der Waals surface area contributed by atoms with Gasteiger partial charge in [0.15, 0.2) is 0 Å². The third kappa shape index (κ3) is 3.20. The summed E-state index contributed by atoms with van der Waals surface area (Å²) in [6, 6.07) is 2.53. The quantitative estimate of drug-likeness (QED) is 0.865. The maximum absolute atomic E-state index is 13.1. The fourth-order valence-electron chi connectivity index (χ4n) is 2.99. The molecule has 2 heterocycles. The molecular formula is C15H19FN2O3. The minimum Gasteiger partial charge on any atom is -0.481 e. The summed E-state index contributed by atoms with van der Waals surface area (Å²) in [4.78, 5) is 29.0. The van der Waals surface area contributed by atoms with E-state index in [2.05, 4.69) is 4.98 Å². The summed E-state index contributed by atoms with van der Waals surface area (Å²) >= 11 is 0. The van der Waals surface area contributed by atoms with Crippen molar-refractivity contribution in [1.82, 2.24) is 9.88 Å². The highest BCUT2D eigenvalue weighted by molar-refractivity contribution is 5.94. The van der Waals surface area contributed by atoms with E-state index in [1.165, 1.54) is 17.2 Å². The van der Waals surface area contributed by atoms with Crippen LogP contribution in [0.3, 0.4) is 0 Å². The number of carbonyl (C=O) groups is 2. The monoisotopic (exact) mass is 294 g/mol. The number of likely N-dealkylation sites (tertiary alicyclic amines) is 1. The molecule has 0 aromatic carbocycles. The highest BCUT2D eigenvalue weighted by atomic mass is 19.1. The summed E-state index contributed by atoms with van der Waals surface area (Å²) in [5.41, 5.74) is -0.672. The molecule has 1 fully saturated rings. The van der Waals surface area contributed by atoms with Crippen molar-refractivity contribution < 1.29 is 19.1 Å². The van der Waals surface area contributed by atoms with Crippen LogP contribution in [0.5, 0.6) is 0 Å². The van der Waals surface area contributed by atoms with Crippen molar-refractivity contribution in [1.29, 1.82) is 0 Å². The largest absolute Gasteiger partial charge is 0.481 e. The number of rotatable bonds is 4. The number of aliphatic carboxylic acids is 1. The van der Waals surface area contributed by atoms with Crippen LogP contribution in [0.2, 0.25) is 0 Å². The molecule has 0 bridgehead atoms. The van der Waals surface area contributed by atoms with Gasteiger partial charge in [0.2, 0.25) is 5.95 Å². The first kappa shape index (κ1) is 15.4. The van der Waals surface area contributed by atoms with Gasteiger partial charge in [0.05, 0.1) is 5.41 Å². The van der Waals surface area contributed by atoms with Crippen molar-refractivity contribution in [2.45, 2.75) is 32.6 Å². The number of hydrogen-bond donors (Lipinski definition) is 1. The van der Waals surface area contributed by atoms with Gasteiger partial charge in [-0.2, -0.15) is 4.39 Å². The number of hydrogen-bond acceptors (Lipinski definition) is 3. The van der Waals surface area contributed by atoms with Crippen molar-refractivity contribution in [3.05, 3.63) is 29.8 Å². The minimum atomic E-state index is -0.881. The maximum Gasteiger partial charge on any atom is 0.311 e. The summed E-state index contributed by atoms with van der Waals surface area (Å²) in [5.74, 6) is -1.91. The van der Waals surface area contributed by atoms with Gasteiger partial charge in [-0.05, 0) is 25.3 Å². The summed E-state index contributed by atoms with van der Waals surface area (Å²) in [7, 11) is 0. The number of pyridine rings is 1. The van der Waals surface area contributed by atoms with Gasteiger partial charge in [-0.15, -0.1) is 0 Å². The predicted molar refractivity (Wildman–Crippen MR) is 74.3 cm³/mol. The summed E-state index contributed by atoms with van der Waals surface area (Å²) in [6.07, 6.45) is 3.74. The number of amides is 1. The fourth-order valence-corrected chi connectivity index (χ4v) is 2.99. The van der Waals surface area contributed by atoms with Crippen LogP contribution in [0, 0.1) is 11.4 Å². The number of carboxylic acids is 1. The first-order valence-corrected chi connectivity index (χ1v) is 7.13. The molecule has 0 aliphatic carbocycles. The summed E-state index contributed by atoms with van der Waals surface area (Å²) in [6.45, 7) is 2.62. The van der Waals surface area contributed by atoms with E-state index in [1.807, 2.05) is 6.92 Å². The molecule has 5 nitrogen and oxygen atoms in total. The molecule has 1 aromatic rings. The second-order valence-electron chi connectivity index (χ2n) is 5.53. The Hall–Kier alpha value is -1.98. The van der Waals surface area contributed by atoms with Crippen molar-refractivity contribution >= 4 is 11.9 Å². The van der Waals surface area contributed by atoms with E-state index < -0.39 is 17.3 Å². The molecule has 1 amide bonds. The first-order valence-electron chi connectivity index (χ1n) is 7.13. The lowest BCUT2D eigenvalue weighted by molar-refractivity contribution is -0.152. The molecule has 2 rings (SSSR count). The highest BCUT2D eigenvalue weighted by Gasteiger charge is 2.42. The molecule has 1 atom stereocenters. The number of carboxylic acid groups (broad SMARTS) is 1. The van der Waals surface area contributed by atoms with Crippen LogP contribution in [-0.2, 0) is 4.79 Å². The van der Waals surface area contributed by atoms with Crippen molar-refractivity contribution in [3.8, 4) is 0 Å². The molecule has 1 aromatic heterocycles. The van der Waals surface area contributed by atoms with Crippen LogP contribution in [0.1, 0.15) is 43.0 Å². The topological polar surface area (TPSA) is 70.5 Å². The van der Waals surface area contributed by atoms with E-state index in [9.17, 15) is 19.1 Å². The zero-order valence-electron chi connectivity index (χ0n) is 12.0. The Labute approximate surface area is 122 Å². The Kier molecular flexibility index (Phi) is 4.55. The summed E-state index contributed by atoms with van der Waals surface area (Å²) < 4.78 is 13.1. The smallest absolute Gasteiger partial charge is 0.311 e. The number of halogens is 1. The Morgan fingerprint density at radius 2 is 2.29 bits per heavy atom.